The van der Waals surface area contributed by atoms with E-state index in [4.69, 9.17) is 0 Å². The molecule has 0 bridgehead atoms. The Hall–Kier alpha value is -1.03. The third kappa shape index (κ3) is 3.98. The highest BCUT2D eigenvalue weighted by molar-refractivity contribution is 5.32. The summed E-state index contributed by atoms with van der Waals surface area (Å²) in [6, 6.07) is 6.07. The molecular formula is C16H24F3N. The van der Waals surface area contributed by atoms with E-state index >= 15 is 0 Å². The van der Waals surface area contributed by atoms with Gasteiger partial charge < -0.3 is 5.32 Å². The molecule has 0 saturated heterocycles. The molecular weight excluding hydrogens is 263 g/mol. The van der Waals surface area contributed by atoms with Gasteiger partial charge in [0.25, 0.3) is 0 Å². The molecule has 0 aliphatic carbocycles. The third-order valence-corrected chi connectivity index (χ3v) is 4.00. The average molecular weight is 287 g/mol. The van der Waals surface area contributed by atoms with Gasteiger partial charge in [0, 0.05) is 18.0 Å². The molecule has 0 spiro atoms. The minimum atomic E-state index is -4.28. The van der Waals surface area contributed by atoms with E-state index in [0.29, 0.717) is 12.6 Å². The lowest BCUT2D eigenvalue weighted by Gasteiger charge is -2.34. The maximum Gasteiger partial charge on any atom is 0.416 e. The van der Waals surface area contributed by atoms with E-state index in [2.05, 4.69) is 5.32 Å². The summed E-state index contributed by atoms with van der Waals surface area (Å²) in [5, 5.41) is 3.36. The van der Waals surface area contributed by atoms with Gasteiger partial charge in [-0.1, -0.05) is 45.9 Å². The Kier molecular flexibility index (Phi) is 5.63. The van der Waals surface area contributed by atoms with Crippen molar-refractivity contribution >= 4 is 0 Å². The lowest BCUT2D eigenvalue weighted by Crippen LogP contribution is -2.40. The molecule has 1 aromatic rings. The first-order valence-electron chi connectivity index (χ1n) is 7.16. The van der Waals surface area contributed by atoms with E-state index in [1.165, 1.54) is 12.1 Å². The average Bonchev–Trinajstić information content (AvgIpc) is 2.40. The summed E-state index contributed by atoms with van der Waals surface area (Å²) in [4.78, 5) is 0. The highest BCUT2D eigenvalue weighted by atomic mass is 19.4. The van der Waals surface area contributed by atoms with Crippen LogP contribution < -0.4 is 5.32 Å². The Morgan fingerprint density at radius 2 is 1.60 bits per heavy atom. The van der Waals surface area contributed by atoms with Gasteiger partial charge in [0.05, 0.1) is 5.56 Å². The summed E-state index contributed by atoms with van der Waals surface area (Å²) in [6.07, 6.45) is -2.66. The zero-order valence-corrected chi connectivity index (χ0v) is 12.6. The first kappa shape index (κ1) is 17.0. The maximum absolute atomic E-state index is 12.9. The predicted octanol–water partition coefficient (Wildman–Crippen LogP) is 4.76. The molecule has 0 radical (unpaired) electrons. The second-order valence-corrected chi connectivity index (χ2v) is 5.60. The van der Waals surface area contributed by atoms with Crippen LogP contribution in [0.2, 0.25) is 0 Å². The standard InChI is InChI=1S/C16H24F3N/c1-5-15(6-2,11-20-12(3)4)13-8-7-9-14(10-13)16(17,18)19/h7-10,12,20H,5-6,11H2,1-4H3. The van der Waals surface area contributed by atoms with Crippen molar-refractivity contribution < 1.29 is 13.2 Å². The fraction of sp³-hybridized carbons (Fsp3) is 0.625. The van der Waals surface area contributed by atoms with E-state index in [9.17, 15) is 13.2 Å². The first-order chi connectivity index (χ1) is 9.25. The van der Waals surface area contributed by atoms with Crippen LogP contribution in [0.4, 0.5) is 13.2 Å². The lowest BCUT2D eigenvalue weighted by molar-refractivity contribution is -0.137. The largest absolute Gasteiger partial charge is 0.416 e. The minimum absolute atomic E-state index is 0.245. The van der Waals surface area contributed by atoms with Gasteiger partial charge in [0.15, 0.2) is 0 Å². The third-order valence-electron chi connectivity index (χ3n) is 4.00. The van der Waals surface area contributed by atoms with Gasteiger partial charge in [-0.2, -0.15) is 13.2 Å². The van der Waals surface area contributed by atoms with E-state index in [-0.39, 0.29) is 5.41 Å². The van der Waals surface area contributed by atoms with Gasteiger partial charge in [-0.15, -0.1) is 0 Å². The van der Waals surface area contributed by atoms with Crippen molar-refractivity contribution in [3.05, 3.63) is 35.4 Å². The molecule has 4 heteroatoms. The quantitative estimate of drug-likeness (QED) is 0.795. The molecule has 1 aromatic carbocycles. The number of hydrogen-bond acceptors (Lipinski definition) is 1. The molecule has 0 aliphatic heterocycles. The summed E-state index contributed by atoms with van der Waals surface area (Å²) in [5.41, 5.74) is -0.0396. The van der Waals surface area contributed by atoms with Crippen LogP contribution in [0.3, 0.4) is 0 Å². The van der Waals surface area contributed by atoms with E-state index in [1.54, 1.807) is 0 Å². The molecule has 1 rings (SSSR count). The van der Waals surface area contributed by atoms with Crippen LogP contribution in [0.25, 0.3) is 0 Å². The van der Waals surface area contributed by atoms with E-state index in [1.807, 2.05) is 33.8 Å². The van der Waals surface area contributed by atoms with Crippen molar-refractivity contribution in [2.75, 3.05) is 6.54 Å². The van der Waals surface area contributed by atoms with Crippen molar-refractivity contribution in [2.24, 2.45) is 0 Å². The smallest absolute Gasteiger partial charge is 0.314 e. The van der Waals surface area contributed by atoms with Crippen molar-refractivity contribution in [1.29, 1.82) is 0 Å². The number of hydrogen-bond donors (Lipinski definition) is 1. The number of halogens is 3. The monoisotopic (exact) mass is 287 g/mol. The number of alkyl halides is 3. The molecule has 114 valence electrons. The van der Waals surface area contributed by atoms with E-state index in [0.717, 1.165) is 24.5 Å². The molecule has 0 amide bonds. The summed E-state index contributed by atoms with van der Waals surface area (Å²) in [6.45, 7) is 8.85. The van der Waals surface area contributed by atoms with Crippen LogP contribution in [0.15, 0.2) is 24.3 Å². The lowest BCUT2D eigenvalue weighted by atomic mass is 9.75. The second-order valence-electron chi connectivity index (χ2n) is 5.60. The Labute approximate surface area is 119 Å². The Balaban J connectivity index is 3.14. The predicted molar refractivity (Wildman–Crippen MR) is 76.8 cm³/mol. The number of rotatable bonds is 6. The van der Waals surface area contributed by atoms with Gasteiger partial charge in [0.1, 0.15) is 0 Å². The SMILES string of the molecule is CCC(CC)(CNC(C)C)c1cccc(C(F)(F)F)c1. The summed E-state index contributed by atoms with van der Waals surface area (Å²) >= 11 is 0. The van der Waals surface area contributed by atoms with Crippen molar-refractivity contribution in [3.63, 3.8) is 0 Å². The highest BCUT2D eigenvalue weighted by Crippen LogP contribution is 2.36. The zero-order chi connectivity index (χ0) is 15.4. The first-order valence-corrected chi connectivity index (χ1v) is 7.16. The Morgan fingerprint density at radius 3 is 2.05 bits per heavy atom. The fourth-order valence-corrected chi connectivity index (χ4v) is 2.44. The second kappa shape index (κ2) is 6.61. The van der Waals surface area contributed by atoms with Crippen LogP contribution in [0.5, 0.6) is 0 Å². The maximum atomic E-state index is 12.9. The minimum Gasteiger partial charge on any atom is -0.314 e. The van der Waals surface area contributed by atoms with Crippen LogP contribution in [-0.4, -0.2) is 12.6 Å². The van der Waals surface area contributed by atoms with Gasteiger partial charge in [-0.3, -0.25) is 0 Å². The van der Waals surface area contributed by atoms with Crippen LogP contribution in [-0.2, 0) is 11.6 Å². The van der Waals surface area contributed by atoms with Crippen LogP contribution in [0.1, 0.15) is 51.7 Å². The molecule has 0 unspecified atom stereocenters. The molecule has 0 aromatic heterocycles. The summed E-state index contributed by atoms with van der Waals surface area (Å²) in [7, 11) is 0. The number of nitrogens with one attached hydrogen (secondary N) is 1. The number of benzene rings is 1. The molecule has 20 heavy (non-hydrogen) atoms. The van der Waals surface area contributed by atoms with Crippen molar-refractivity contribution in [3.8, 4) is 0 Å². The summed E-state index contributed by atoms with van der Waals surface area (Å²) < 4.78 is 38.6. The Morgan fingerprint density at radius 1 is 1.05 bits per heavy atom. The van der Waals surface area contributed by atoms with Gasteiger partial charge in [-0.05, 0) is 24.5 Å². The molecule has 0 saturated carbocycles. The van der Waals surface area contributed by atoms with Crippen molar-refractivity contribution in [1.82, 2.24) is 5.32 Å². The van der Waals surface area contributed by atoms with Gasteiger partial charge in [-0.25, -0.2) is 0 Å². The summed E-state index contributed by atoms with van der Waals surface area (Å²) in [5.74, 6) is 0. The topological polar surface area (TPSA) is 12.0 Å². The molecule has 0 aliphatic rings. The van der Waals surface area contributed by atoms with Gasteiger partial charge >= 0.3 is 6.18 Å². The molecule has 0 fully saturated rings. The zero-order valence-electron chi connectivity index (χ0n) is 12.6. The van der Waals surface area contributed by atoms with Crippen LogP contribution >= 0.6 is 0 Å². The molecule has 0 atom stereocenters. The van der Waals surface area contributed by atoms with Crippen LogP contribution in [0, 0.1) is 0 Å². The van der Waals surface area contributed by atoms with Crippen molar-refractivity contribution in [2.45, 2.75) is 58.2 Å². The van der Waals surface area contributed by atoms with Gasteiger partial charge in [0.2, 0.25) is 0 Å². The fourth-order valence-electron chi connectivity index (χ4n) is 2.44. The Bertz CT molecular complexity index is 420. The normalized spacial score (nSPS) is 13.0. The molecule has 1 N–H and O–H groups in total. The molecule has 0 heterocycles. The molecule has 1 nitrogen and oxygen atoms in total. The highest BCUT2D eigenvalue weighted by Gasteiger charge is 2.34. The van der Waals surface area contributed by atoms with E-state index < -0.39 is 11.7 Å².